The fourth-order valence-electron chi connectivity index (χ4n) is 4.32. The van der Waals surface area contributed by atoms with Gasteiger partial charge in [-0.15, -0.1) is 11.8 Å². The minimum Gasteiger partial charge on any atom is -0.454 e. The van der Waals surface area contributed by atoms with Crippen LogP contribution in [0.5, 0.6) is 17.2 Å². The molecule has 3 aromatic carbocycles. The Bertz CT molecular complexity index is 1160. The molecule has 35 heavy (non-hydrogen) atoms. The molecular weight excluding hydrogens is 460 g/mol. The van der Waals surface area contributed by atoms with Crippen LogP contribution in [0.25, 0.3) is 0 Å². The molecule has 3 atom stereocenters. The molecular formula is C29H32O5S. The van der Waals surface area contributed by atoms with Crippen molar-refractivity contribution < 1.29 is 24.1 Å². The van der Waals surface area contributed by atoms with E-state index in [1.54, 1.807) is 18.7 Å². The zero-order valence-corrected chi connectivity index (χ0v) is 21.4. The minimum atomic E-state index is -0.932. The number of fused-ring (bicyclic) bond motifs is 1. The van der Waals surface area contributed by atoms with Crippen molar-refractivity contribution in [1.82, 2.24) is 0 Å². The Morgan fingerprint density at radius 3 is 2.43 bits per heavy atom. The first-order chi connectivity index (χ1) is 16.8. The van der Waals surface area contributed by atoms with E-state index in [9.17, 15) is 9.90 Å². The van der Waals surface area contributed by atoms with Gasteiger partial charge >= 0.3 is 5.97 Å². The summed E-state index contributed by atoms with van der Waals surface area (Å²) in [5.74, 6) is 0.906. The highest BCUT2D eigenvalue weighted by Gasteiger charge is 2.41. The molecule has 0 aromatic heterocycles. The maximum absolute atomic E-state index is 13.1. The summed E-state index contributed by atoms with van der Waals surface area (Å²) in [6.07, 6.45) is 0.426. The standard InChI is InChI=1S/C29H32O5S/c1-19-9-8-10-20(2)26(19)34-28(31)21(3)27(30)29(4,35-23-11-6-5-7-12-23)16-15-22-13-14-24-25(17-22)33-18-32-24/h5-14,17,21,27,30H,15-16,18H2,1-4H3/t21-,27+,29-/m1/s1. The van der Waals surface area contributed by atoms with Gasteiger partial charge in [0.05, 0.1) is 12.0 Å². The van der Waals surface area contributed by atoms with Gasteiger partial charge in [-0.05, 0) is 81.5 Å². The molecule has 0 radical (unpaired) electrons. The Morgan fingerprint density at radius 2 is 1.71 bits per heavy atom. The summed E-state index contributed by atoms with van der Waals surface area (Å²) in [4.78, 5) is 14.2. The number of rotatable bonds is 9. The first-order valence-corrected chi connectivity index (χ1v) is 12.7. The van der Waals surface area contributed by atoms with E-state index in [0.717, 1.165) is 33.1 Å². The highest BCUT2D eigenvalue weighted by Crippen LogP contribution is 2.42. The van der Waals surface area contributed by atoms with E-state index in [4.69, 9.17) is 14.2 Å². The predicted molar refractivity (Wildman–Crippen MR) is 138 cm³/mol. The molecule has 184 valence electrons. The van der Waals surface area contributed by atoms with Gasteiger partial charge in [-0.1, -0.05) is 42.5 Å². The van der Waals surface area contributed by atoms with E-state index in [0.29, 0.717) is 18.6 Å². The Kier molecular flexibility index (Phi) is 7.72. The molecule has 0 amide bonds. The van der Waals surface area contributed by atoms with Crippen molar-refractivity contribution in [2.75, 3.05) is 6.79 Å². The SMILES string of the molecule is Cc1cccc(C)c1OC(=O)[C@H](C)[C@H](O)[C@@](C)(CCc1ccc2c(c1)OCO2)Sc1ccccc1. The van der Waals surface area contributed by atoms with Gasteiger partial charge in [0.1, 0.15) is 5.75 Å². The Balaban J connectivity index is 1.54. The minimum absolute atomic E-state index is 0.235. The van der Waals surface area contributed by atoms with Crippen LogP contribution in [0.3, 0.4) is 0 Å². The van der Waals surface area contributed by atoms with Gasteiger partial charge in [0, 0.05) is 9.64 Å². The lowest BCUT2D eigenvalue weighted by Crippen LogP contribution is -2.45. The second-order valence-corrected chi connectivity index (χ2v) is 10.9. The Hall–Kier alpha value is -2.96. The highest BCUT2D eigenvalue weighted by atomic mass is 32.2. The normalized spacial score (nSPS) is 15.8. The van der Waals surface area contributed by atoms with Gasteiger partial charge in [-0.3, -0.25) is 4.79 Å². The number of carbonyl (C=O) groups excluding carboxylic acids is 1. The number of para-hydroxylation sites is 1. The van der Waals surface area contributed by atoms with Crippen LogP contribution in [0.4, 0.5) is 0 Å². The molecule has 0 unspecified atom stereocenters. The van der Waals surface area contributed by atoms with Gasteiger partial charge in [0.15, 0.2) is 11.5 Å². The number of thioether (sulfide) groups is 1. The highest BCUT2D eigenvalue weighted by molar-refractivity contribution is 8.00. The number of hydrogen-bond acceptors (Lipinski definition) is 6. The molecule has 5 nitrogen and oxygen atoms in total. The fourth-order valence-corrected chi connectivity index (χ4v) is 5.68. The quantitative estimate of drug-likeness (QED) is 0.221. The first-order valence-electron chi connectivity index (χ1n) is 11.9. The molecule has 4 rings (SSSR count). The second kappa shape index (κ2) is 10.8. The van der Waals surface area contributed by atoms with Crippen molar-refractivity contribution in [2.45, 2.75) is 56.3 Å². The zero-order chi connectivity index (χ0) is 25.0. The molecule has 0 bridgehead atoms. The number of ether oxygens (including phenoxy) is 3. The Labute approximate surface area is 211 Å². The average molecular weight is 493 g/mol. The van der Waals surface area contributed by atoms with E-state index < -0.39 is 22.7 Å². The van der Waals surface area contributed by atoms with Crippen LogP contribution in [-0.2, 0) is 11.2 Å². The van der Waals surface area contributed by atoms with Gasteiger partial charge < -0.3 is 19.3 Å². The third-order valence-electron chi connectivity index (χ3n) is 6.52. The number of carbonyl (C=O) groups is 1. The van der Waals surface area contributed by atoms with E-state index >= 15 is 0 Å². The van der Waals surface area contributed by atoms with E-state index in [-0.39, 0.29) is 6.79 Å². The van der Waals surface area contributed by atoms with Crippen molar-refractivity contribution >= 4 is 17.7 Å². The molecule has 1 aliphatic rings. The van der Waals surface area contributed by atoms with Gasteiger partial charge in [0.2, 0.25) is 6.79 Å². The molecule has 3 aromatic rings. The number of benzene rings is 3. The summed E-state index contributed by atoms with van der Waals surface area (Å²) in [5.41, 5.74) is 2.88. The number of aryl methyl sites for hydroxylation is 3. The summed E-state index contributed by atoms with van der Waals surface area (Å²) in [6, 6.07) is 21.7. The maximum atomic E-state index is 13.1. The smallest absolute Gasteiger partial charge is 0.316 e. The van der Waals surface area contributed by atoms with Crippen molar-refractivity contribution in [2.24, 2.45) is 5.92 Å². The number of esters is 1. The molecule has 0 spiro atoms. The van der Waals surface area contributed by atoms with Crippen molar-refractivity contribution in [3.05, 3.63) is 83.4 Å². The van der Waals surface area contributed by atoms with Crippen LogP contribution >= 0.6 is 11.8 Å². The largest absolute Gasteiger partial charge is 0.454 e. The van der Waals surface area contributed by atoms with Crippen LogP contribution in [-0.4, -0.2) is 28.7 Å². The van der Waals surface area contributed by atoms with Crippen LogP contribution < -0.4 is 14.2 Å². The summed E-state index contributed by atoms with van der Waals surface area (Å²) in [6.45, 7) is 7.82. The van der Waals surface area contributed by atoms with Gasteiger partial charge in [-0.25, -0.2) is 0 Å². The van der Waals surface area contributed by atoms with Gasteiger partial charge in [0.25, 0.3) is 0 Å². The summed E-state index contributed by atoms with van der Waals surface area (Å²) in [5, 5.41) is 11.6. The summed E-state index contributed by atoms with van der Waals surface area (Å²) < 4.78 is 16.1. The lowest BCUT2D eigenvalue weighted by atomic mass is 9.87. The fraction of sp³-hybridized carbons (Fsp3) is 0.345. The molecule has 1 N–H and O–H groups in total. The van der Waals surface area contributed by atoms with E-state index in [2.05, 4.69) is 0 Å². The van der Waals surface area contributed by atoms with Gasteiger partial charge in [-0.2, -0.15) is 0 Å². The molecule has 1 aliphatic heterocycles. The zero-order valence-electron chi connectivity index (χ0n) is 20.6. The first kappa shape index (κ1) is 25.1. The van der Waals surface area contributed by atoms with Crippen LogP contribution in [0.2, 0.25) is 0 Å². The predicted octanol–water partition coefficient (Wildman–Crippen LogP) is 6.12. The van der Waals surface area contributed by atoms with E-state index in [1.165, 1.54) is 0 Å². The monoisotopic (exact) mass is 492 g/mol. The van der Waals surface area contributed by atoms with Crippen molar-refractivity contribution in [1.29, 1.82) is 0 Å². The van der Waals surface area contributed by atoms with E-state index in [1.807, 2.05) is 87.5 Å². The molecule has 0 aliphatic carbocycles. The molecule has 0 saturated carbocycles. The van der Waals surface area contributed by atoms with Crippen molar-refractivity contribution in [3.63, 3.8) is 0 Å². The van der Waals surface area contributed by atoms with Crippen LogP contribution in [0.1, 0.15) is 37.0 Å². The molecule has 1 heterocycles. The molecule has 6 heteroatoms. The van der Waals surface area contributed by atoms with Crippen LogP contribution in [0.15, 0.2) is 71.6 Å². The number of aliphatic hydroxyl groups excluding tert-OH is 1. The summed E-state index contributed by atoms with van der Waals surface area (Å²) >= 11 is 1.59. The molecule has 0 fully saturated rings. The average Bonchev–Trinajstić information content (AvgIpc) is 3.33. The lowest BCUT2D eigenvalue weighted by molar-refractivity contribution is -0.142. The van der Waals surface area contributed by atoms with Crippen molar-refractivity contribution in [3.8, 4) is 17.2 Å². The lowest BCUT2D eigenvalue weighted by Gasteiger charge is -2.36. The topological polar surface area (TPSA) is 65.0 Å². The Morgan fingerprint density at radius 1 is 1.03 bits per heavy atom. The number of hydrogen-bond donors (Lipinski definition) is 1. The van der Waals surface area contributed by atoms with Crippen LogP contribution in [0, 0.1) is 19.8 Å². The molecule has 0 saturated heterocycles. The third-order valence-corrected chi connectivity index (χ3v) is 7.94. The third kappa shape index (κ3) is 5.82. The second-order valence-electron chi connectivity index (χ2n) is 9.29. The number of aliphatic hydroxyl groups is 1. The maximum Gasteiger partial charge on any atom is 0.316 e. The summed E-state index contributed by atoms with van der Waals surface area (Å²) in [7, 11) is 0.